The Labute approximate surface area is 83.4 Å². The minimum atomic E-state index is -1.14. The second-order valence-electron chi connectivity index (χ2n) is 2.63. The Kier molecular flexibility index (Phi) is 2.13. The van der Waals surface area contributed by atoms with E-state index in [2.05, 4.69) is 14.4 Å². The summed E-state index contributed by atoms with van der Waals surface area (Å²) < 4.78 is 4.69. The summed E-state index contributed by atoms with van der Waals surface area (Å²) in [7, 11) is 0. The van der Waals surface area contributed by atoms with E-state index in [0.29, 0.717) is 5.23 Å². The van der Waals surface area contributed by atoms with Crippen molar-refractivity contribution in [3.63, 3.8) is 0 Å². The van der Waals surface area contributed by atoms with Crippen LogP contribution < -0.4 is 0 Å². The predicted molar refractivity (Wildman–Crippen MR) is 42.2 cm³/mol. The Morgan fingerprint density at radius 3 is 2.67 bits per heavy atom. The topological polar surface area (TPSA) is 82.1 Å². The predicted octanol–water partition coefficient (Wildman–Crippen LogP) is -0.786. The molecule has 0 aromatic heterocycles. The second kappa shape index (κ2) is 3.45. The molecule has 2 bridgehead atoms. The van der Waals surface area contributed by atoms with Crippen molar-refractivity contribution in [2.45, 2.75) is 6.10 Å². The number of ether oxygens (including phenoxy) is 1. The average molecular weight is 211 g/mol. The lowest BCUT2D eigenvalue weighted by Gasteiger charge is -2.23. The third-order valence-electron chi connectivity index (χ3n) is 1.60. The maximum Gasteiger partial charge on any atom is 0.360 e. The van der Waals surface area contributed by atoms with Crippen molar-refractivity contribution in [2.24, 2.45) is 0 Å². The number of rotatable bonds is 0. The Bertz CT molecular complexity index is 385. The van der Waals surface area contributed by atoms with Gasteiger partial charge in [-0.05, 0) is 0 Å². The number of amides is 1. The zero-order valence-corrected chi connectivity index (χ0v) is 7.28. The molecule has 1 unspecified atom stereocenters. The standard InChI is InChI=1S/C8H5NO6/c10-6-1-2-7(11)15-9-8(12)5(14-6)3-4-13-9/h1-5H/b2-1+. The highest BCUT2D eigenvalue weighted by atomic mass is 17.0. The van der Waals surface area contributed by atoms with E-state index in [1.165, 1.54) is 6.08 Å². The van der Waals surface area contributed by atoms with Crippen LogP contribution in [0.1, 0.15) is 0 Å². The number of carbonyl (C=O) groups excluding carboxylic acids is 3. The fourth-order valence-corrected chi connectivity index (χ4v) is 0.969. The Balaban J connectivity index is 2.31. The van der Waals surface area contributed by atoms with E-state index in [-0.39, 0.29) is 0 Å². The molecule has 0 spiro atoms. The largest absolute Gasteiger partial charge is 0.444 e. The van der Waals surface area contributed by atoms with Gasteiger partial charge in [-0.25, -0.2) is 9.59 Å². The Morgan fingerprint density at radius 2 is 1.87 bits per heavy atom. The molecule has 0 aromatic rings. The fourth-order valence-electron chi connectivity index (χ4n) is 0.969. The molecule has 0 aliphatic carbocycles. The number of hydroxylamine groups is 2. The summed E-state index contributed by atoms with van der Waals surface area (Å²) in [6, 6.07) is 0. The Hall–Kier alpha value is -2.31. The van der Waals surface area contributed by atoms with Crippen LogP contribution >= 0.6 is 0 Å². The van der Waals surface area contributed by atoms with E-state index < -0.39 is 23.9 Å². The SMILES string of the molecule is O=C1/C=C/C(=O)ON2OC=CC(O1)C2=O. The van der Waals surface area contributed by atoms with Gasteiger partial charge in [0.15, 0.2) is 0 Å². The van der Waals surface area contributed by atoms with E-state index in [4.69, 9.17) is 0 Å². The first kappa shape index (κ1) is 9.25. The average Bonchev–Trinajstić information content (AvgIpc) is 2.24. The molecule has 2 heterocycles. The molecule has 0 saturated heterocycles. The molecule has 0 saturated carbocycles. The summed E-state index contributed by atoms with van der Waals surface area (Å²) in [5, 5.41) is 0.357. The zero-order chi connectivity index (χ0) is 10.8. The lowest BCUT2D eigenvalue weighted by molar-refractivity contribution is -0.303. The van der Waals surface area contributed by atoms with Crippen molar-refractivity contribution in [1.82, 2.24) is 5.23 Å². The molecule has 15 heavy (non-hydrogen) atoms. The molecule has 0 radical (unpaired) electrons. The number of hydrogen-bond acceptors (Lipinski definition) is 6. The third-order valence-corrected chi connectivity index (χ3v) is 1.60. The van der Waals surface area contributed by atoms with Crippen molar-refractivity contribution in [1.29, 1.82) is 0 Å². The van der Waals surface area contributed by atoms with Crippen molar-refractivity contribution < 1.29 is 28.8 Å². The van der Waals surface area contributed by atoms with Crippen LogP contribution in [0.25, 0.3) is 0 Å². The van der Waals surface area contributed by atoms with E-state index >= 15 is 0 Å². The quantitative estimate of drug-likeness (QED) is 0.488. The minimum absolute atomic E-state index is 0.357. The van der Waals surface area contributed by atoms with Crippen molar-refractivity contribution in [2.75, 3.05) is 0 Å². The van der Waals surface area contributed by atoms with Gasteiger partial charge in [0, 0.05) is 23.5 Å². The maximum absolute atomic E-state index is 11.4. The highest BCUT2D eigenvalue weighted by molar-refractivity contribution is 5.95. The molecule has 78 valence electrons. The van der Waals surface area contributed by atoms with Gasteiger partial charge in [-0.2, -0.15) is 0 Å². The van der Waals surface area contributed by atoms with Crippen LogP contribution in [0, 0.1) is 0 Å². The van der Waals surface area contributed by atoms with Crippen LogP contribution in [0.4, 0.5) is 0 Å². The molecule has 7 heteroatoms. The summed E-state index contributed by atoms with van der Waals surface area (Å²) in [5.74, 6) is -2.50. The molecule has 2 rings (SSSR count). The molecule has 2 aliphatic rings. The molecule has 0 N–H and O–H groups in total. The van der Waals surface area contributed by atoms with E-state index in [9.17, 15) is 14.4 Å². The van der Waals surface area contributed by atoms with Crippen LogP contribution in [0.2, 0.25) is 0 Å². The summed E-state index contributed by atoms with van der Waals surface area (Å²) >= 11 is 0. The maximum atomic E-state index is 11.4. The summed E-state index contributed by atoms with van der Waals surface area (Å²) in [4.78, 5) is 42.4. The molecule has 2 aliphatic heterocycles. The van der Waals surface area contributed by atoms with Gasteiger partial charge in [0.1, 0.15) is 6.26 Å². The first-order valence-electron chi connectivity index (χ1n) is 3.95. The van der Waals surface area contributed by atoms with Gasteiger partial charge < -0.3 is 9.57 Å². The highest BCUT2D eigenvalue weighted by Crippen LogP contribution is 2.12. The van der Waals surface area contributed by atoms with E-state index in [1.54, 1.807) is 0 Å². The number of nitrogens with zero attached hydrogens (tertiary/aromatic N) is 1. The molecular formula is C8H5NO6. The van der Waals surface area contributed by atoms with Gasteiger partial charge in [0.2, 0.25) is 6.10 Å². The first-order valence-corrected chi connectivity index (χ1v) is 3.95. The van der Waals surface area contributed by atoms with Crippen LogP contribution in [-0.2, 0) is 28.8 Å². The second-order valence-corrected chi connectivity index (χ2v) is 2.63. The van der Waals surface area contributed by atoms with E-state index in [0.717, 1.165) is 18.4 Å². The molecule has 0 aromatic carbocycles. The molecule has 1 amide bonds. The van der Waals surface area contributed by atoms with Gasteiger partial charge in [0.05, 0.1) is 0 Å². The number of fused-ring (bicyclic) bond motifs is 2. The van der Waals surface area contributed by atoms with E-state index in [1.807, 2.05) is 0 Å². The van der Waals surface area contributed by atoms with Crippen LogP contribution in [0.3, 0.4) is 0 Å². The number of carbonyl (C=O) groups is 3. The molecule has 1 atom stereocenters. The van der Waals surface area contributed by atoms with Crippen molar-refractivity contribution in [3.8, 4) is 0 Å². The highest BCUT2D eigenvalue weighted by Gasteiger charge is 2.33. The van der Waals surface area contributed by atoms with Gasteiger partial charge in [-0.1, -0.05) is 0 Å². The number of esters is 1. The van der Waals surface area contributed by atoms with Crippen LogP contribution in [0.5, 0.6) is 0 Å². The Morgan fingerprint density at radius 1 is 1.13 bits per heavy atom. The summed E-state index contributed by atoms with van der Waals surface area (Å²) in [5.41, 5.74) is 0. The van der Waals surface area contributed by atoms with Gasteiger partial charge in [0.25, 0.3) is 0 Å². The lowest BCUT2D eigenvalue weighted by Crippen LogP contribution is -2.42. The first-order chi connectivity index (χ1) is 7.16. The van der Waals surface area contributed by atoms with Crippen LogP contribution in [-0.4, -0.2) is 29.2 Å². The number of hydrogen-bond donors (Lipinski definition) is 0. The normalized spacial score (nSPS) is 26.8. The molecule has 7 nitrogen and oxygen atoms in total. The zero-order valence-electron chi connectivity index (χ0n) is 7.28. The van der Waals surface area contributed by atoms with Gasteiger partial charge >= 0.3 is 17.8 Å². The van der Waals surface area contributed by atoms with Crippen LogP contribution in [0.15, 0.2) is 24.5 Å². The summed E-state index contributed by atoms with van der Waals surface area (Å²) in [6.45, 7) is 0. The smallest absolute Gasteiger partial charge is 0.360 e. The lowest BCUT2D eigenvalue weighted by atomic mass is 10.3. The van der Waals surface area contributed by atoms with Crippen molar-refractivity contribution in [3.05, 3.63) is 24.5 Å². The van der Waals surface area contributed by atoms with Gasteiger partial charge in [-0.3, -0.25) is 9.63 Å². The fraction of sp³-hybridized carbons (Fsp3) is 0.125. The minimum Gasteiger partial charge on any atom is -0.444 e. The molecular weight excluding hydrogens is 206 g/mol. The van der Waals surface area contributed by atoms with Gasteiger partial charge in [-0.15, -0.1) is 0 Å². The van der Waals surface area contributed by atoms with Crippen molar-refractivity contribution >= 4 is 17.8 Å². The third kappa shape index (κ3) is 1.80. The molecule has 0 fully saturated rings. The summed E-state index contributed by atoms with van der Waals surface area (Å²) in [6.07, 6.45) is 2.87. The monoisotopic (exact) mass is 211 g/mol.